The number of aliphatic hydroxyl groups excluding tert-OH is 1. The zero-order valence-corrected chi connectivity index (χ0v) is 10.6. The van der Waals surface area contributed by atoms with Crippen molar-refractivity contribution < 1.29 is 9.84 Å². The molecule has 0 amide bonds. The molecule has 0 spiro atoms. The van der Waals surface area contributed by atoms with Crippen molar-refractivity contribution >= 4 is 11.3 Å². The molecule has 2 nitrogen and oxygen atoms in total. The number of ether oxygens (including phenoxy) is 1. The maximum absolute atomic E-state index is 10.2. The van der Waals surface area contributed by atoms with E-state index in [9.17, 15) is 5.11 Å². The molecule has 1 aromatic carbocycles. The second-order valence-corrected chi connectivity index (χ2v) is 4.91. The van der Waals surface area contributed by atoms with Crippen molar-refractivity contribution in [2.45, 2.75) is 18.9 Å². The quantitative estimate of drug-likeness (QED) is 0.878. The van der Waals surface area contributed by atoms with E-state index in [2.05, 4.69) is 11.4 Å². The van der Waals surface area contributed by atoms with Crippen LogP contribution in [0.15, 0.2) is 41.8 Å². The molecule has 3 heteroatoms. The third-order valence-corrected chi connectivity index (χ3v) is 3.68. The lowest BCUT2D eigenvalue weighted by atomic mass is 10.0. The molecule has 0 aliphatic rings. The molecule has 17 heavy (non-hydrogen) atoms. The average Bonchev–Trinajstić information content (AvgIpc) is 2.89. The summed E-state index contributed by atoms with van der Waals surface area (Å²) in [6.07, 6.45) is 1.16. The Hall–Kier alpha value is -1.32. The van der Waals surface area contributed by atoms with Gasteiger partial charge in [-0.15, -0.1) is 11.3 Å². The summed E-state index contributed by atoms with van der Waals surface area (Å²) >= 11 is 1.73. The first-order valence-electron chi connectivity index (χ1n) is 5.64. The summed E-state index contributed by atoms with van der Waals surface area (Å²) in [6, 6.07) is 11.8. The van der Waals surface area contributed by atoms with E-state index in [1.165, 1.54) is 4.88 Å². The number of thiophene rings is 1. The van der Waals surface area contributed by atoms with E-state index in [4.69, 9.17) is 4.74 Å². The van der Waals surface area contributed by atoms with Crippen LogP contribution in [0.2, 0.25) is 0 Å². The summed E-state index contributed by atoms with van der Waals surface area (Å²) in [4.78, 5) is 1.30. The monoisotopic (exact) mass is 248 g/mol. The van der Waals surface area contributed by atoms with Gasteiger partial charge in [-0.1, -0.05) is 24.3 Å². The van der Waals surface area contributed by atoms with Gasteiger partial charge in [-0.05, 0) is 30.4 Å². The lowest BCUT2D eigenvalue weighted by Gasteiger charge is -2.14. The molecule has 0 fully saturated rings. The standard InChI is InChI=1S/C14H16O2S/c1-16-14-7-3-2-6-12(14)13(15)9-8-11-5-4-10-17-11/h2-7,10,13,15H,8-9H2,1H3. The predicted molar refractivity (Wildman–Crippen MR) is 70.6 cm³/mol. The first-order chi connectivity index (χ1) is 8.31. The van der Waals surface area contributed by atoms with Crippen molar-refractivity contribution in [1.29, 1.82) is 0 Å². The predicted octanol–water partition coefficient (Wildman–Crippen LogP) is 3.42. The second-order valence-electron chi connectivity index (χ2n) is 3.88. The van der Waals surface area contributed by atoms with Crippen molar-refractivity contribution in [3.8, 4) is 5.75 Å². The topological polar surface area (TPSA) is 29.5 Å². The van der Waals surface area contributed by atoms with Crippen LogP contribution >= 0.6 is 11.3 Å². The number of rotatable bonds is 5. The maximum Gasteiger partial charge on any atom is 0.124 e. The Balaban J connectivity index is 2.01. The summed E-state index contributed by atoms with van der Waals surface area (Å²) < 4.78 is 5.25. The smallest absolute Gasteiger partial charge is 0.124 e. The minimum absolute atomic E-state index is 0.465. The summed E-state index contributed by atoms with van der Waals surface area (Å²) in [5, 5.41) is 12.2. The van der Waals surface area contributed by atoms with Crippen molar-refractivity contribution in [1.82, 2.24) is 0 Å². The molecular weight excluding hydrogens is 232 g/mol. The largest absolute Gasteiger partial charge is 0.496 e. The van der Waals surface area contributed by atoms with Crippen molar-refractivity contribution in [2.24, 2.45) is 0 Å². The maximum atomic E-state index is 10.2. The average molecular weight is 248 g/mol. The number of aryl methyl sites for hydroxylation is 1. The van der Waals surface area contributed by atoms with Gasteiger partial charge in [0.05, 0.1) is 13.2 Å². The second kappa shape index (κ2) is 5.84. The molecule has 1 unspecified atom stereocenters. The van der Waals surface area contributed by atoms with Crippen LogP contribution in [0.25, 0.3) is 0 Å². The van der Waals surface area contributed by atoms with E-state index in [0.29, 0.717) is 0 Å². The van der Waals surface area contributed by atoms with Crippen LogP contribution in [0.3, 0.4) is 0 Å². The molecule has 0 aliphatic heterocycles. The Kier molecular flexibility index (Phi) is 4.18. The summed E-state index contributed by atoms with van der Waals surface area (Å²) in [7, 11) is 1.63. The first-order valence-corrected chi connectivity index (χ1v) is 6.52. The van der Waals surface area contributed by atoms with Crippen molar-refractivity contribution in [2.75, 3.05) is 7.11 Å². The molecule has 1 N–H and O–H groups in total. The van der Waals surface area contributed by atoms with E-state index in [0.717, 1.165) is 24.2 Å². The number of methoxy groups -OCH3 is 1. The van der Waals surface area contributed by atoms with Crippen LogP contribution in [0.5, 0.6) is 5.75 Å². The minimum Gasteiger partial charge on any atom is -0.496 e. The number of hydrogen-bond donors (Lipinski definition) is 1. The fourth-order valence-electron chi connectivity index (χ4n) is 1.83. The van der Waals surface area contributed by atoms with Crippen LogP contribution in [0.4, 0.5) is 0 Å². The molecule has 0 saturated carbocycles. The van der Waals surface area contributed by atoms with Crippen LogP contribution in [0.1, 0.15) is 23.0 Å². The van der Waals surface area contributed by atoms with Crippen LogP contribution in [-0.2, 0) is 6.42 Å². The van der Waals surface area contributed by atoms with E-state index in [-0.39, 0.29) is 0 Å². The fraction of sp³-hybridized carbons (Fsp3) is 0.286. The molecule has 90 valence electrons. The summed E-state index contributed by atoms with van der Waals surface area (Å²) in [5.41, 5.74) is 0.867. The van der Waals surface area contributed by atoms with Crippen LogP contribution < -0.4 is 4.74 Å². The molecule has 0 radical (unpaired) electrons. The molecule has 0 saturated heterocycles. The highest BCUT2D eigenvalue weighted by atomic mass is 32.1. The van der Waals surface area contributed by atoms with Gasteiger partial charge in [-0.2, -0.15) is 0 Å². The molecular formula is C14H16O2S. The lowest BCUT2D eigenvalue weighted by molar-refractivity contribution is 0.164. The Morgan fingerprint density at radius 2 is 2.06 bits per heavy atom. The number of para-hydroxylation sites is 1. The van der Waals surface area contributed by atoms with Crippen LogP contribution in [0, 0.1) is 0 Å². The van der Waals surface area contributed by atoms with Gasteiger partial charge in [-0.3, -0.25) is 0 Å². The third-order valence-electron chi connectivity index (χ3n) is 2.74. The molecule has 2 rings (SSSR count). The first kappa shape index (κ1) is 12.1. The Labute approximate surface area is 105 Å². The fourth-order valence-corrected chi connectivity index (χ4v) is 2.56. The molecule has 0 aliphatic carbocycles. The third kappa shape index (κ3) is 3.08. The molecule has 2 aromatic rings. The highest BCUT2D eigenvalue weighted by Crippen LogP contribution is 2.28. The van der Waals surface area contributed by atoms with Gasteiger partial charge < -0.3 is 9.84 Å². The Bertz CT molecular complexity index is 451. The van der Waals surface area contributed by atoms with E-state index in [1.54, 1.807) is 18.4 Å². The van der Waals surface area contributed by atoms with Gasteiger partial charge in [0.15, 0.2) is 0 Å². The van der Waals surface area contributed by atoms with Gasteiger partial charge in [0.1, 0.15) is 5.75 Å². The van der Waals surface area contributed by atoms with Crippen molar-refractivity contribution in [3.63, 3.8) is 0 Å². The van der Waals surface area contributed by atoms with Crippen LogP contribution in [-0.4, -0.2) is 12.2 Å². The van der Waals surface area contributed by atoms with E-state index in [1.807, 2.05) is 30.3 Å². The number of hydrogen-bond acceptors (Lipinski definition) is 3. The Morgan fingerprint density at radius 1 is 1.24 bits per heavy atom. The van der Waals surface area contributed by atoms with Gasteiger partial charge in [0.25, 0.3) is 0 Å². The SMILES string of the molecule is COc1ccccc1C(O)CCc1cccs1. The zero-order chi connectivity index (χ0) is 12.1. The van der Waals surface area contributed by atoms with Crippen molar-refractivity contribution in [3.05, 3.63) is 52.2 Å². The summed E-state index contributed by atoms with van der Waals surface area (Å²) in [5.74, 6) is 0.756. The van der Waals surface area contributed by atoms with Gasteiger partial charge >= 0.3 is 0 Å². The molecule has 1 aromatic heterocycles. The van der Waals surface area contributed by atoms with E-state index >= 15 is 0 Å². The summed E-state index contributed by atoms with van der Waals surface area (Å²) in [6.45, 7) is 0. The zero-order valence-electron chi connectivity index (χ0n) is 9.80. The highest BCUT2D eigenvalue weighted by Gasteiger charge is 2.12. The molecule has 1 atom stereocenters. The lowest BCUT2D eigenvalue weighted by Crippen LogP contribution is -2.01. The van der Waals surface area contributed by atoms with Gasteiger partial charge in [0, 0.05) is 10.4 Å². The number of benzene rings is 1. The van der Waals surface area contributed by atoms with E-state index < -0.39 is 6.10 Å². The van der Waals surface area contributed by atoms with Gasteiger partial charge in [-0.25, -0.2) is 0 Å². The Morgan fingerprint density at radius 3 is 2.76 bits per heavy atom. The van der Waals surface area contributed by atoms with Gasteiger partial charge in [0.2, 0.25) is 0 Å². The molecule has 0 bridgehead atoms. The normalized spacial score (nSPS) is 12.4. The minimum atomic E-state index is -0.465. The highest BCUT2D eigenvalue weighted by molar-refractivity contribution is 7.09. The number of aliphatic hydroxyl groups is 1. The molecule has 1 heterocycles.